The number of carbonyl (C=O) groups is 2. The van der Waals surface area contributed by atoms with E-state index in [2.05, 4.69) is 24.0 Å². The molecule has 0 bridgehead atoms. The third kappa shape index (κ3) is 5.05. The lowest BCUT2D eigenvalue weighted by Gasteiger charge is -2.29. The Morgan fingerprint density at radius 1 is 1.20 bits per heavy atom. The largest absolute Gasteiger partial charge is 0.341 e. The van der Waals surface area contributed by atoms with Gasteiger partial charge in [0.25, 0.3) is 0 Å². The molecule has 6 heteroatoms. The van der Waals surface area contributed by atoms with E-state index in [0.717, 1.165) is 23.1 Å². The van der Waals surface area contributed by atoms with Gasteiger partial charge in [0, 0.05) is 44.1 Å². The maximum Gasteiger partial charge on any atom is 0.242 e. The number of pyridine rings is 1. The molecule has 1 aliphatic rings. The van der Waals surface area contributed by atoms with Gasteiger partial charge in [0.15, 0.2) is 0 Å². The van der Waals surface area contributed by atoms with Crippen LogP contribution in [0.15, 0.2) is 48.8 Å². The number of benzene rings is 1. The van der Waals surface area contributed by atoms with Gasteiger partial charge in [0.1, 0.15) is 0 Å². The maximum atomic E-state index is 13.3. The third-order valence-corrected chi connectivity index (χ3v) is 5.53. The molecule has 160 valence electrons. The van der Waals surface area contributed by atoms with Crippen molar-refractivity contribution in [2.24, 2.45) is 11.7 Å². The normalized spacial score (nSPS) is 17.7. The molecule has 1 fully saturated rings. The molecule has 1 aromatic heterocycles. The van der Waals surface area contributed by atoms with Gasteiger partial charge in [-0.3, -0.25) is 14.6 Å². The van der Waals surface area contributed by atoms with E-state index < -0.39 is 5.54 Å². The van der Waals surface area contributed by atoms with E-state index in [4.69, 9.17) is 5.73 Å². The highest BCUT2D eigenvalue weighted by molar-refractivity contribution is 5.87. The second kappa shape index (κ2) is 9.39. The van der Waals surface area contributed by atoms with Gasteiger partial charge in [-0.15, -0.1) is 0 Å². The van der Waals surface area contributed by atoms with Crippen molar-refractivity contribution in [3.8, 4) is 11.1 Å². The van der Waals surface area contributed by atoms with Crippen molar-refractivity contribution in [1.29, 1.82) is 0 Å². The van der Waals surface area contributed by atoms with Gasteiger partial charge in [-0.2, -0.15) is 0 Å². The van der Waals surface area contributed by atoms with Crippen molar-refractivity contribution in [3.63, 3.8) is 0 Å². The topological polar surface area (TPSA) is 79.5 Å². The maximum absolute atomic E-state index is 13.3. The van der Waals surface area contributed by atoms with Crippen LogP contribution < -0.4 is 5.73 Å². The van der Waals surface area contributed by atoms with Gasteiger partial charge in [0.2, 0.25) is 11.8 Å². The number of nitrogens with zero attached hydrogens (tertiary/aromatic N) is 3. The van der Waals surface area contributed by atoms with Crippen molar-refractivity contribution in [3.05, 3.63) is 54.4 Å². The SMILES string of the molecule is CCCN1CCN(C(=O)C(C)(C)N)CC(Cc2ccccc2-c2cccnc2)C1=O. The predicted molar refractivity (Wildman–Crippen MR) is 119 cm³/mol. The molecule has 1 aliphatic heterocycles. The fraction of sp³-hybridized carbons (Fsp3) is 0.458. The van der Waals surface area contributed by atoms with Crippen LogP contribution in [0, 0.1) is 5.92 Å². The first-order valence-electron chi connectivity index (χ1n) is 10.7. The van der Waals surface area contributed by atoms with Crippen LogP contribution in [0.4, 0.5) is 0 Å². The molecule has 1 atom stereocenters. The quantitative estimate of drug-likeness (QED) is 0.797. The van der Waals surface area contributed by atoms with E-state index in [1.807, 2.05) is 35.4 Å². The first-order valence-corrected chi connectivity index (χ1v) is 10.7. The van der Waals surface area contributed by atoms with E-state index in [1.54, 1.807) is 24.9 Å². The molecule has 2 N–H and O–H groups in total. The molecule has 2 aromatic rings. The summed E-state index contributed by atoms with van der Waals surface area (Å²) in [5.41, 5.74) is 8.31. The Kier molecular flexibility index (Phi) is 6.87. The molecular weight excluding hydrogens is 376 g/mol. The van der Waals surface area contributed by atoms with E-state index in [9.17, 15) is 9.59 Å². The van der Waals surface area contributed by atoms with E-state index in [-0.39, 0.29) is 17.7 Å². The van der Waals surface area contributed by atoms with Crippen molar-refractivity contribution >= 4 is 11.8 Å². The summed E-state index contributed by atoms with van der Waals surface area (Å²) in [7, 11) is 0. The van der Waals surface area contributed by atoms with Crippen LogP contribution in [-0.2, 0) is 16.0 Å². The Hall–Kier alpha value is -2.73. The zero-order valence-electron chi connectivity index (χ0n) is 18.2. The fourth-order valence-corrected chi connectivity index (χ4v) is 4.05. The molecule has 1 aromatic carbocycles. The molecule has 1 saturated heterocycles. The minimum Gasteiger partial charge on any atom is -0.341 e. The van der Waals surface area contributed by atoms with Crippen LogP contribution >= 0.6 is 0 Å². The molecule has 2 amide bonds. The molecule has 2 heterocycles. The summed E-state index contributed by atoms with van der Waals surface area (Å²) < 4.78 is 0. The monoisotopic (exact) mass is 408 g/mol. The molecule has 0 aliphatic carbocycles. The van der Waals surface area contributed by atoms with Gasteiger partial charge in [-0.25, -0.2) is 0 Å². The molecule has 3 rings (SSSR count). The number of aromatic nitrogens is 1. The molecular formula is C24H32N4O2. The Morgan fingerprint density at radius 3 is 2.63 bits per heavy atom. The lowest BCUT2D eigenvalue weighted by molar-refractivity contribution is -0.137. The predicted octanol–water partition coefficient (Wildman–Crippen LogP) is 2.73. The number of rotatable bonds is 6. The second-order valence-corrected chi connectivity index (χ2v) is 8.60. The summed E-state index contributed by atoms with van der Waals surface area (Å²) in [6.45, 7) is 7.67. The number of hydrogen-bond donors (Lipinski definition) is 1. The van der Waals surface area contributed by atoms with Crippen LogP contribution in [0.3, 0.4) is 0 Å². The van der Waals surface area contributed by atoms with Crippen LogP contribution in [0.25, 0.3) is 11.1 Å². The first kappa shape index (κ1) is 22.0. The van der Waals surface area contributed by atoms with Crippen molar-refractivity contribution in [2.75, 3.05) is 26.2 Å². The third-order valence-electron chi connectivity index (χ3n) is 5.53. The van der Waals surface area contributed by atoms with Gasteiger partial charge in [-0.1, -0.05) is 37.3 Å². The summed E-state index contributed by atoms with van der Waals surface area (Å²) >= 11 is 0. The minimum absolute atomic E-state index is 0.112. The van der Waals surface area contributed by atoms with Crippen LogP contribution in [0.1, 0.15) is 32.8 Å². The van der Waals surface area contributed by atoms with E-state index in [0.29, 0.717) is 32.6 Å². The molecule has 30 heavy (non-hydrogen) atoms. The second-order valence-electron chi connectivity index (χ2n) is 8.60. The summed E-state index contributed by atoms with van der Waals surface area (Å²) in [6.07, 6.45) is 5.05. The molecule has 0 radical (unpaired) electrons. The number of carbonyl (C=O) groups excluding carboxylic acids is 2. The van der Waals surface area contributed by atoms with E-state index in [1.165, 1.54) is 0 Å². The smallest absolute Gasteiger partial charge is 0.242 e. The van der Waals surface area contributed by atoms with Gasteiger partial charge in [0.05, 0.1) is 11.5 Å². The average Bonchev–Trinajstić information content (AvgIpc) is 2.88. The van der Waals surface area contributed by atoms with Crippen molar-refractivity contribution in [1.82, 2.24) is 14.8 Å². The minimum atomic E-state index is -0.957. The number of amides is 2. The highest BCUT2D eigenvalue weighted by atomic mass is 16.2. The summed E-state index contributed by atoms with van der Waals surface area (Å²) in [5.74, 6) is -0.301. The van der Waals surface area contributed by atoms with Gasteiger partial charge < -0.3 is 15.5 Å². The highest BCUT2D eigenvalue weighted by Crippen LogP contribution is 2.27. The Morgan fingerprint density at radius 2 is 1.97 bits per heavy atom. The van der Waals surface area contributed by atoms with E-state index >= 15 is 0 Å². The molecule has 6 nitrogen and oxygen atoms in total. The van der Waals surface area contributed by atoms with Crippen LogP contribution in [0.2, 0.25) is 0 Å². The summed E-state index contributed by atoms with van der Waals surface area (Å²) in [6, 6.07) is 12.0. The van der Waals surface area contributed by atoms with Crippen molar-refractivity contribution < 1.29 is 9.59 Å². The van der Waals surface area contributed by atoms with Gasteiger partial charge in [-0.05, 0) is 43.9 Å². The molecule has 1 unspecified atom stereocenters. The highest BCUT2D eigenvalue weighted by Gasteiger charge is 2.36. The lowest BCUT2D eigenvalue weighted by atomic mass is 9.91. The number of hydrogen-bond acceptors (Lipinski definition) is 4. The van der Waals surface area contributed by atoms with Crippen LogP contribution in [0.5, 0.6) is 0 Å². The Labute approximate surface area is 179 Å². The van der Waals surface area contributed by atoms with Crippen molar-refractivity contribution in [2.45, 2.75) is 39.2 Å². The number of nitrogens with two attached hydrogens (primary N) is 1. The van der Waals surface area contributed by atoms with Crippen LogP contribution in [-0.4, -0.2) is 58.3 Å². The molecule has 0 spiro atoms. The Bertz CT molecular complexity index is 876. The Balaban J connectivity index is 1.92. The summed E-state index contributed by atoms with van der Waals surface area (Å²) in [4.78, 5) is 34.1. The lowest BCUT2D eigenvalue weighted by Crippen LogP contribution is -2.52. The molecule has 0 saturated carbocycles. The zero-order chi connectivity index (χ0) is 21.7. The summed E-state index contributed by atoms with van der Waals surface area (Å²) in [5, 5.41) is 0. The standard InChI is InChI=1S/C24H32N4O2/c1-4-12-27-13-14-28(23(30)24(2,3)25)17-20(22(27)29)15-18-8-5-6-10-21(18)19-9-7-11-26-16-19/h5-11,16,20H,4,12-15,17,25H2,1-3H3. The van der Waals surface area contributed by atoms with Gasteiger partial charge >= 0.3 is 0 Å². The average molecular weight is 409 g/mol. The zero-order valence-corrected chi connectivity index (χ0v) is 18.2. The first-order chi connectivity index (χ1) is 14.3. The fourth-order valence-electron chi connectivity index (χ4n) is 4.05.